The number of oxime groups is 1. The molecule has 0 radical (unpaired) electrons. The molecular formula is C22H29NO3. The van der Waals surface area contributed by atoms with E-state index in [4.69, 9.17) is 4.74 Å². The summed E-state index contributed by atoms with van der Waals surface area (Å²) in [6.07, 6.45) is 13.6. The zero-order valence-electron chi connectivity index (χ0n) is 15.8. The number of hydrogen-bond donors (Lipinski definition) is 1. The number of esters is 1. The lowest BCUT2D eigenvalue weighted by molar-refractivity contribution is -0.162. The van der Waals surface area contributed by atoms with Gasteiger partial charge >= 0.3 is 5.97 Å². The fourth-order valence-corrected chi connectivity index (χ4v) is 7.61. The monoisotopic (exact) mass is 355 g/mol. The maximum Gasteiger partial charge on any atom is 0.331 e. The van der Waals surface area contributed by atoms with Gasteiger partial charge in [0.25, 0.3) is 0 Å². The van der Waals surface area contributed by atoms with Crippen molar-refractivity contribution in [1.29, 1.82) is 0 Å². The normalized spacial score (nSPS) is 51.0. The Morgan fingerprint density at radius 2 is 2.12 bits per heavy atom. The topological polar surface area (TPSA) is 58.9 Å². The molecule has 0 aromatic carbocycles. The van der Waals surface area contributed by atoms with Crippen LogP contribution >= 0.6 is 0 Å². The van der Waals surface area contributed by atoms with Crippen molar-refractivity contribution in [2.45, 2.75) is 64.4 Å². The van der Waals surface area contributed by atoms with Crippen LogP contribution in [0, 0.1) is 35.0 Å². The Labute approximate surface area is 155 Å². The molecule has 0 aromatic rings. The van der Waals surface area contributed by atoms with E-state index in [1.54, 1.807) is 6.08 Å². The third-order valence-corrected chi connectivity index (χ3v) is 8.74. The van der Waals surface area contributed by atoms with Crippen LogP contribution in [0.15, 0.2) is 29.0 Å². The number of fused-ring (bicyclic) bond motifs is 6. The van der Waals surface area contributed by atoms with Crippen molar-refractivity contribution in [3.63, 3.8) is 0 Å². The second kappa shape index (κ2) is 5.46. The molecule has 5 rings (SSSR count). The van der Waals surface area contributed by atoms with Gasteiger partial charge in [-0.1, -0.05) is 24.6 Å². The van der Waals surface area contributed by atoms with Gasteiger partial charge in [0.2, 0.25) is 0 Å². The summed E-state index contributed by atoms with van der Waals surface area (Å²) < 4.78 is 5.93. The van der Waals surface area contributed by atoms with Gasteiger partial charge in [-0.05, 0) is 86.7 Å². The van der Waals surface area contributed by atoms with Crippen LogP contribution in [-0.2, 0) is 9.53 Å². The van der Waals surface area contributed by atoms with Crippen molar-refractivity contribution in [2.24, 2.45) is 40.2 Å². The van der Waals surface area contributed by atoms with Crippen molar-refractivity contribution >= 4 is 11.7 Å². The first-order chi connectivity index (χ1) is 12.5. The minimum atomic E-state index is -0.348. The van der Waals surface area contributed by atoms with E-state index in [0.29, 0.717) is 17.8 Å². The molecule has 0 amide bonds. The van der Waals surface area contributed by atoms with Gasteiger partial charge in [-0.15, -0.1) is 0 Å². The summed E-state index contributed by atoms with van der Waals surface area (Å²) in [5.74, 6) is 3.24. The molecule has 0 saturated heterocycles. The second-order valence-electron chi connectivity index (χ2n) is 9.62. The molecule has 0 aromatic heterocycles. The molecule has 0 bridgehead atoms. The van der Waals surface area contributed by atoms with Gasteiger partial charge in [0.15, 0.2) is 0 Å². The second-order valence-corrected chi connectivity index (χ2v) is 9.62. The Morgan fingerprint density at radius 1 is 1.27 bits per heavy atom. The van der Waals surface area contributed by atoms with Crippen molar-refractivity contribution in [3.8, 4) is 0 Å². The van der Waals surface area contributed by atoms with Crippen LogP contribution in [0.25, 0.3) is 0 Å². The first-order valence-corrected chi connectivity index (χ1v) is 10.3. The van der Waals surface area contributed by atoms with Crippen molar-refractivity contribution < 1.29 is 14.7 Å². The summed E-state index contributed by atoms with van der Waals surface area (Å²) in [5.41, 5.74) is 2.10. The van der Waals surface area contributed by atoms with Crippen LogP contribution in [0.5, 0.6) is 0 Å². The van der Waals surface area contributed by atoms with E-state index in [-0.39, 0.29) is 17.0 Å². The van der Waals surface area contributed by atoms with E-state index in [1.165, 1.54) is 18.4 Å². The Kier molecular flexibility index (Phi) is 3.48. The lowest BCUT2D eigenvalue weighted by atomic mass is 9.48. The molecule has 3 saturated carbocycles. The number of nitrogens with zero attached hydrogens (tertiary/aromatic N) is 1. The van der Waals surface area contributed by atoms with E-state index in [0.717, 1.165) is 49.7 Å². The highest BCUT2D eigenvalue weighted by Gasteiger charge is 2.65. The van der Waals surface area contributed by atoms with Gasteiger partial charge in [-0.3, -0.25) is 0 Å². The van der Waals surface area contributed by atoms with Crippen molar-refractivity contribution in [2.75, 3.05) is 0 Å². The van der Waals surface area contributed by atoms with Crippen LogP contribution in [0.1, 0.15) is 58.8 Å². The first kappa shape index (κ1) is 16.6. The van der Waals surface area contributed by atoms with E-state index in [2.05, 4.69) is 31.2 Å². The van der Waals surface area contributed by atoms with Crippen LogP contribution < -0.4 is 0 Å². The molecule has 1 spiro atoms. The summed E-state index contributed by atoms with van der Waals surface area (Å²) in [5, 5.41) is 12.6. The lowest BCUT2D eigenvalue weighted by Crippen LogP contribution is -2.54. The molecule has 3 fully saturated rings. The summed E-state index contributed by atoms with van der Waals surface area (Å²) in [6.45, 7) is 4.80. The number of allylic oxidation sites excluding steroid dienone is 2. The van der Waals surface area contributed by atoms with Crippen molar-refractivity contribution in [3.05, 3.63) is 23.8 Å². The highest BCUT2D eigenvalue weighted by molar-refractivity contribution is 5.96. The SMILES string of the molecule is CC1CC2=C/C(=N/O)CC[C@@H]2C2CC[C@@]3(C)C(CC[C@@]34C=CC(=O)O4)C12. The fourth-order valence-electron chi connectivity index (χ4n) is 7.61. The number of carbonyl (C=O) groups is 1. The molecule has 4 heteroatoms. The predicted octanol–water partition coefficient (Wildman–Crippen LogP) is 4.49. The summed E-state index contributed by atoms with van der Waals surface area (Å²) in [7, 11) is 0. The molecule has 26 heavy (non-hydrogen) atoms. The van der Waals surface area contributed by atoms with Crippen LogP contribution in [-0.4, -0.2) is 22.5 Å². The van der Waals surface area contributed by atoms with Gasteiger partial charge in [0.05, 0.1) is 5.71 Å². The van der Waals surface area contributed by atoms with Gasteiger partial charge in [0, 0.05) is 11.5 Å². The Bertz CT molecular complexity index is 738. The van der Waals surface area contributed by atoms with Gasteiger partial charge in [-0.25, -0.2) is 4.79 Å². The molecule has 1 N–H and O–H groups in total. The van der Waals surface area contributed by atoms with Gasteiger partial charge in [-0.2, -0.15) is 0 Å². The third-order valence-electron chi connectivity index (χ3n) is 8.74. The third kappa shape index (κ3) is 2.02. The summed E-state index contributed by atoms with van der Waals surface area (Å²) >= 11 is 0. The molecule has 7 atom stereocenters. The number of rotatable bonds is 0. The zero-order chi connectivity index (χ0) is 18.1. The Morgan fingerprint density at radius 3 is 2.85 bits per heavy atom. The largest absolute Gasteiger partial charge is 0.451 e. The van der Waals surface area contributed by atoms with Gasteiger partial charge in [0.1, 0.15) is 5.60 Å². The maximum absolute atomic E-state index is 11.9. The van der Waals surface area contributed by atoms with E-state index >= 15 is 0 Å². The number of ether oxygens (including phenoxy) is 1. The van der Waals surface area contributed by atoms with Crippen molar-refractivity contribution in [1.82, 2.24) is 0 Å². The zero-order valence-corrected chi connectivity index (χ0v) is 15.8. The van der Waals surface area contributed by atoms with E-state index < -0.39 is 0 Å². The maximum atomic E-state index is 11.9. The molecule has 5 aliphatic rings. The Hall–Kier alpha value is -1.58. The van der Waals surface area contributed by atoms with E-state index in [1.807, 2.05) is 0 Å². The van der Waals surface area contributed by atoms with Gasteiger partial charge < -0.3 is 9.94 Å². The van der Waals surface area contributed by atoms with Crippen LogP contribution in [0.4, 0.5) is 0 Å². The average molecular weight is 355 g/mol. The fraction of sp³-hybridized carbons (Fsp3) is 0.727. The summed E-state index contributed by atoms with van der Waals surface area (Å²) in [6, 6.07) is 0. The molecule has 140 valence electrons. The molecule has 1 aliphatic heterocycles. The number of hydrogen-bond acceptors (Lipinski definition) is 4. The molecule has 4 nitrogen and oxygen atoms in total. The smallest absolute Gasteiger partial charge is 0.331 e. The molecular weight excluding hydrogens is 326 g/mol. The first-order valence-electron chi connectivity index (χ1n) is 10.3. The quantitative estimate of drug-likeness (QED) is 0.396. The number of carbonyl (C=O) groups excluding carboxylic acids is 1. The standard InChI is InChI=1S/C22H29NO3/c1-13-11-14-12-15(23-25)3-4-16(14)17-5-8-21(2)18(20(13)17)6-9-22(21)10-7-19(24)26-22/h7,10,12-13,16-18,20,25H,3-6,8-9,11H2,1-2H3/b23-15+/t13?,16-,17?,18?,20?,21-,22+/m0/s1. The molecule has 1 heterocycles. The minimum absolute atomic E-state index is 0.0820. The minimum Gasteiger partial charge on any atom is -0.451 e. The highest BCUT2D eigenvalue weighted by atomic mass is 16.6. The van der Waals surface area contributed by atoms with Crippen LogP contribution in [0.2, 0.25) is 0 Å². The molecule has 4 unspecified atom stereocenters. The van der Waals surface area contributed by atoms with Crippen LogP contribution in [0.3, 0.4) is 0 Å². The average Bonchev–Trinajstić information content (AvgIpc) is 3.15. The lowest BCUT2D eigenvalue weighted by Gasteiger charge is -2.57. The summed E-state index contributed by atoms with van der Waals surface area (Å²) in [4.78, 5) is 11.9. The van der Waals surface area contributed by atoms with E-state index in [9.17, 15) is 10.0 Å². The highest BCUT2D eigenvalue weighted by Crippen LogP contribution is 2.67. The molecule has 4 aliphatic carbocycles. The predicted molar refractivity (Wildman–Crippen MR) is 98.8 cm³/mol. The Balaban J connectivity index is 1.49.